The smallest absolute Gasteiger partial charge is 0.257 e. The van der Waals surface area contributed by atoms with Gasteiger partial charge in [0, 0.05) is 17.6 Å². The van der Waals surface area contributed by atoms with Crippen LogP contribution in [0.2, 0.25) is 5.02 Å². The molecule has 2 aromatic carbocycles. The van der Waals surface area contributed by atoms with Gasteiger partial charge in [0.2, 0.25) is 5.43 Å². The molecule has 3 nitrogen and oxygen atoms in total. The summed E-state index contributed by atoms with van der Waals surface area (Å²) in [4.78, 5) is 23.7. The van der Waals surface area contributed by atoms with Crippen LogP contribution < -0.4 is 5.43 Å². The van der Waals surface area contributed by atoms with Gasteiger partial charge in [-0.05, 0) is 35.9 Å². The summed E-state index contributed by atoms with van der Waals surface area (Å²) >= 11 is 11.1. The van der Waals surface area contributed by atoms with E-state index in [1.807, 2.05) is 0 Å². The summed E-state index contributed by atoms with van der Waals surface area (Å²) in [5.74, 6) is -2.64. The third kappa shape index (κ3) is 2.68. The Morgan fingerprint density at radius 1 is 1.04 bits per heavy atom. The van der Waals surface area contributed by atoms with Gasteiger partial charge in [0.1, 0.15) is 17.5 Å². The van der Waals surface area contributed by atoms with Crippen LogP contribution >= 0.6 is 23.2 Å². The Kier molecular flexibility index (Phi) is 4.11. The van der Waals surface area contributed by atoms with Gasteiger partial charge in [-0.2, -0.15) is 0 Å². The van der Waals surface area contributed by atoms with Gasteiger partial charge in [0.15, 0.2) is 0 Å². The number of rotatable bonds is 2. The second-order valence-electron chi connectivity index (χ2n) is 4.89. The normalized spacial score (nSPS) is 11.0. The van der Waals surface area contributed by atoms with E-state index in [0.717, 1.165) is 35.0 Å². The van der Waals surface area contributed by atoms with Crippen LogP contribution in [0.15, 0.2) is 41.3 Å². The molecule has 0 saturated heterocycles. The maximum Gasteiger partial charge on any atom is 0.257 e. The minimum atomic E-state index is -1.09. The second-order valence-corrected chi connectivity index (χ2v) is 5.65. The SMILES string of the molecule is O=C(Cl)c1cn(-c2ccc(F)cc2F)c2cc(Cl)c(F)cc2c1=O. The molecule has 8 heteroatoms. The first-order chi connectivity index (χ1) is 11.3. The van der Waals surface area contributed by atoms with E-state index in [1.54, 1.807) is 0 Å². The number of fused-ring (bicyclic) bond motifs is 1. The van der Waals surface area contributed by atoms with Crippen LogP contribution in [0.4, 0.5) is 13.2 Å². The first-order valence-corrected chi connectivity index (χ1v) is 7.25. The fraction of sp³-hybridized carbons (Fsp3) is 0. The maximum absolute atomic E-state index is 14.1. The number of aromatic nitrogens is 1. The molecule has 3 rings (SSSR count). The average molecular weight is 372 g/mol. The first-order valence-electron chi connectivity index (χ1n) is 6.49. The van der Waals surface area contributed by atoms with Crippen LogP contribution in [0, 0.1) is 17.5 Å². The van der Waals surface area contributed by atoms with Crippen LogP contribution in [0.25, 0.3) is 16.6 Å². The van der Waals surface area contributed by atoms with Crippen LogP contribution in [-0.2, 0) is 0 Å². The van der Waals surface area contributed by atoms with Crippen molar-refractivity contribution in [2.45, 2.75) is 0 Å². The van der Waals surface area contributed by atoms with Crippen LogP contribution in [0.1, 0.15) is 10.4 Å². The van der Waals surface area contributed by atoms with Gasteiger partial charge in [-0.15, -0.1) is 0 Å². The van der Waals surface area contributed by atoms with E-state index in [1.165, 1.54) is 0 Å². The van der Waals surface area contributed by atoms with E-state index in [0.29, 0.717) is 6.07 Å². The third-order valence-corrected chi connectivity index (χ3v) is 3.92. The lowest BCUT2D eigenvalue weighted by Crippen LogP contribution is -2.17. The van der Waals surface area contributed by atoms with Crippen molar-refractivity contribution in [2.24, 2.45) is 0 Å². The summed E-state index contributed by atoms with van der Waals surface area (Å²) in [6, 6.07) is 4.68. The highest BCUT2D eigenvalue weighted by atomic mass is 35.5. The Morgan fingerprint density at radius 2 is 1.75 bits per heavy atom. The quantitative estimate of drug-likeness (QED) is 0.624. The standard InChI is InChI=1S/C16H6Cl2F3NO2/c17-10-5-14-8(4-11(10)20)15(23)9(16(18)24)6-22(14)13-2-1-7(19)3-12(13)21/h1-6H. The zero-order chi connectivity index (χ0) is 17.6. The van der Waals surface area contributed by atoms with Gasteiger partial charge in [-0.3, -0.25) is 9.59 Å². The molecule has 3 aromatic rings. The number of nitrogens with zero attached hydrogens (tertiary/aromatic N) is 1. The predicted molar refractivity (Wildman–Crippen MR) is 84.6 cm³/mol. The molecule has 122 valence electrons. The summed E-state index contributed by atoms with van der Waals surface area (Å²) in [6.07, 6.45) is 1.00. The second kappa shape index (κ2) is 5.96. The van der Waals surface area contributed by atoms with Crippen molar-refractivity contribution in [2.75, 3.05) is 0 Å². The molecule has 0 saturated carbocycles. The van der Waals surface area contributed by atoms with Crippen molar-refractivity contribution >= 4 is 39.3 Å². The van der Waals surface area contributed by atoms with E-state index >= 15 is 0 Å². The Bertz CT molecular complexity index is 1060. The van der Waals surface area contributed by atoms with Crippen molar-refractivity contribution < 1.29 is 18.0 Å². The van der Waals surface area contributed by atoms with Crippen molar-refractivity contribution in [3.05, 3.63) is 74.8 Å². The molecule has 0 fully saturated rings. The number of pyridine rings is 1. The van der Waals surface area contributed by atoms with E-state index in [2.05, 4.69) is 0 Å². The van der Waals surface area contributed by atoms with Crippen LogP contribution in [0.5, 0.6) is 0 Å². The van der Waals surface area contributed by atoms with Gasteiger partial charge < -0.3 is 4.57 Å². The number of halogens is 5. The molecule has 0 aliphatic carbocycles. The van der Waals surface area contributed by atoms with Crippen molar-refractivity contribution in [3.63, 3.8) is 0 Å². The number of carbonyl (C=O) groups excluding carboxylic acids is 1. The molecule has 0 atom stereocenters. The highest BCUT2D eigenvalue weighted by molar-refractivity contribution is 6.67. The third-order valence-electron chi connectivity index (χ3n) is 3.43. The molecule has 1 aromatic heterocycles. The molecular weight excluding hydrogens is 366 g/mol. The fourth-order valence-electron chi connectivity index (χ4n) is 2.34. The zero-order valence-corrected chi connectivity index (χ0v) is 13.1. The molecule has 0 unspecified atom stereocenters. The minimum absolute atomic E-state index is 0.0403. The van der Waals surface area contributed by atoms with Crippen LogP contribution in [-0.4, -0.2) is 9.81 Å². The molecule has 24 heavy (non-hydrogen) atoms. The molecule has 0 aliphatic rings. The minimum Gasteiger partial charge on any atom is -0.313 e. The number of hydrogen-bond acceptors (Lipinski definition) is 2. The Hall–Kier alpha value is -2.31. The van der Waals surface area contributed by atoms with E-state index < -0.39 is 33.7 Å². The topological polar surface area (TPSA) is 39.1 Å². The summed E-state index contributed by atoms with van der Waals surface area (Å²) in [5.41, 5.74) is -1.42. The molecule has 0 amide bonds. The average Bonchev–Trinajstić information content (AvgIpc) is 2.50. The molecule has 1 heterocycles. The number of carbonyl (C=O) groups is 1. The van der Waals surface area contributed by atoms with E-state index in [4.69, 9.17) is 23.2 Å². The summed E-state index contributed by atoms with van der Waals surface area (Å²) in [6.45, 7) is 0. The molecule has 0 spiro atoms. The highest BCUT2D eigenvalue weighted by Gasteiger charge is 2.18. The largest absolute Gasteiger partial charge is 0.313 e. The zero-order valence-electron chi connectivity index (χ0n) is 11.6. The number of hydrogen-bond donors (Lipinski definition) is 0. The van der Waals surface area contributed by atoms with Gasteiger partial charge in [-0.25, -0.2) is 13.2 Å². The van der Waals surface area contributed by atoms with Crippen LogP contribution in [0.3, 0.4) is 0 Å². The van der Waals surface area contributed by atoms with Crippen molar-refractivity contribution in [1.29, 1.82) is 0 Å². The lowest BCUT2D eigenvalue weighted by Gasteiger charge is -2.14. The van der Waals surface area contributed by atoms with Crippen molar-refractivity contribution in [3.8, 4) is 5.69 Å². The molecule has 0 radical (unpaired) electrons. The Labute approximate surface area is 142 Å². The predicted octanol–water partition coefficient (Wildman–Crippen LogP) is 4.44. The van der Waals surface area contributed by atoms with Gasteiger partial charge in [0.05, 0.1) is 21.8 Å². The van der Waals surface area contributed by atoms with Gasteiger partial charge >= 0.3 is 0 Å². The lowest BCUT2D eigenvalue weighted by molar-refractivity contribution is 0.108. The van der Waals surface area contributed by atoms with E-state index in [-0.39, 0.29) is 21.6 Å². The Morgan fingerprint density at radius 3 is 2.38 bits per heavy atom. The summed E-state index contributed by atoms with van der Waals surface area (Å²) in [7, 11) is 0. The monoisotopic (exact) mass is 371 g/mol. The lowest BCUT2D eigenvalue weighted by atomic mass is 10.1. The summed E-state index contributed by atoms with van der Waals surface area (Å²) in [5, 5.41) is -1.61. The maximum atomic E-state index is 14.1. The van der Waals surface area contributed by atoms with Crippen molar-refractivity contribution in [1.82, 2.24) is 4.57 Å². The van der Waals surface area contributed by atoms with Gasteiger partial charge in [0.25, 0.3) is 5.24 Å². The molecular formula is C16H6Cl2F3NO2. The molecule has 0 N–H and O–H groups in total. The molecule has 0 bridgehead atoms. The highest BCUT2D eigenvalue weighted by Crippen LogP contribution is 2.25. The van der Waals surface area contributed by atoms with Gasteiger partial charge in [-0.1, -0.05) is 11.6 Å². The first kappa shape index (κ1) is 16.5. The Balaban J connectivity index is 2.50. The summed E-state index contributed by atoms with van der Waals surface area (Å²) < 4.78 is 42.0. The molecule has 0 aliphatic heterocycles. The fourth-order valence-corrected chi connectivity index (χ4v) is 2.63. The van der Waals surface area contributed by atoms with E-state index in [9.17, 15) is 22.8 Å². The number of benzene rings is 2.